The van der Waals surface area contributed by atoms with Crippen molar-refractivity contribution in [2.24, 2.45) is 0 Å². The van der Waals surface area contributed by atoms with Gasteiger partial charge in [-0.3, -0.25) is 0 Å². The summed E-state index contributed by atoms with van der Waals surface area (Å²) in [5.41, 5.74) is -0.152. The first kappa shape index (κ1) is 15.2. The molecule has 0 atom stereocenters. The van der Waals surface area contributed by atoms with Crippen LogP contribution in [0.15, 0.2) is 23.0 Å². The Hall–Kier alpha value is -3.66. The van der Waals surface area contributed by atoms with Gasteiger partial charge in [0.05, 0.1) is 6.33 Å². The second-order valence-electron chi connectivity index (χ2n) is 4.56. The van der Waals surface area contributed by atoms with Crippen molar-refractivity contribution in [3.63, 3.8) is 0 Å². The molecule has 24 heavy (non-hydrogen) atoms. The van der Waals surface area contributed by atoms with Crippen molar-refractivity contribution in [2.45, 2.75) is 6.54 Å². The summed E-state index contributed by atoms with van der Waals surface area (Å²) in [4.78, 5) is 7.67. The van der Waals surface area contributed by atoms with E-state index in [0.29, 0.717) is 0 Å². The van der Waals surface area contributed by atoms with Crippen LogP contribution in [-0.4, -0.2) is 19.7 Å². The highest BCUT2D eigenvalue weighted by molar-refractivity contribution is 5.54. The fraction of sp³-hybridized carbons (Fsp3) is 0.0714. The van der Waals surface area contributed by atoms with Crippen LogP contribution >= 0.6 is 0 Å². The second kappa shape index (κ2) is 5.85. The summed E-state index contributed by atoms with van der Waals surface area (Å²) in [5, 5.41) is 21.4. The highest BCUT2D eigenvalue weighted by atomic mass is 19.2. The fourth-order valence-corrected chi connectivity index (χ4v) is 1.97. The van der Waals surface area contributed by atoms with Crippen molar-refractivity contribution in [3.8, 4) is 23.5 Å². The molecule has 0 radical (unpaired) electrons. The maximum atomic E-state index is 13.2. The molecule has 3 rings (SSSR count). The standard InChI is InChI=1S/C14H5F3N6O/c15-8-1-7(2-9(16)13(8)17)14-21-12(24-22-14)5-23-6-20-10(3-18)11(23)4-19/h1-2,6H,5H2. The van der Waals surface area contributed by atoms with Gasteiger partial charge < -0.3 is 9.09 Å². The molecule has 0 saturated carbocycles. The summed E-state index contributed by atoms with van der Waals surface area (Å²) >= 11 is 0. The van der Waals surface area contributed by atoms with Crippen LogP contribution in [0.4, 0.5) is 13.2 Å². The van der Waals surface area contributed by atoms with Crippen LogP contribution in [0.1, 0.15) is 17.3 Å². The van der Waals surface area contributed by atoms with Crippen molar-refractivity contribution < 1.29 is 17.7 Å². The molecule has 0 amide bonds. The molecule has 2 aromatic heterocycles. The maximum absolute atomic E-state index is 13.2. The Morgan fingerprint density at radius 2 is 1.83 bits per heavy atom. The predicted molar refractivity (Wildman–Crippen MR) is 70.4 cm³/mol. The van der Waals surface area contributed by atoms with Crippen molar-refractivity contribution in [2.75, 3.05) is 0 Å². The molecule has 2 heterocycles. The number of aromatic nitrogens is 4. The minimum Gasteiger partial charge on any atom is -0.337 e. The van der Waals surface area contributed by atoms with E-state index in [1.165, 1.54) is 10.9 Å². The third kappa shape index (κ3) is 2.57. The minimum atomic E-state index is -1.59. The highest BCUT2D eigenvalue weighted by Gasteiger charge is 2.17. The van der Waals surface area contributed by atoms with Crippen molar-refractivity contribution in [1.82, 2.24) is 19.7 Å². The van der Waals surface area contributed by atoms with E-state index in [1.54, 1.807) is 6.07 Å². The first-order chi connectivity index (χ1) is 11.5. The number of rotatable bonds is 3. The van der Waals surface area contributed by atoms with Gasteiger partial charge in [-0.05, 0) is 12.1 Å². The number of hydrogen-bond acceptors (Lipinski definition) is 6. The number of hydrogen-bond donors (Lipinski definition) is 0. The first-order valence-electron chi connectivity index (χ1n) is 6.36. The molecule has 0 unspecified atom stereocenters. The van der Waals surface area contributed by atoms with Crippen LogP contribution < -0.4 is 0 Å². The van der Waals surface area contributed by atoms with E-state index in [0.717, 1.165) is 12.1 Å². The van der Waals surface area contributed by atoms with Gasteiger partial charge in [-0.2, -0.15) is 15.5 Å². The quantitative estimate of drug-likeness (QED) is 0.681. The Labute approximate surface area is 132 Å². The third-order valence-electron chi connectivity index (χ3n) is 3.07. The topological polar surface area (TPSA) is 104 Å². The van der Waals surface area contributed by atoms with Crippen LogP contribution in [-0.2, 0) is 6.54 Å². The monoisotopic (exact) mass is 330 g/mol. The zero-order chi connectivity index (χ0) is 17.3. The third-order valence-corrected chi connectivity index (χ3v) is 3.07. The molecular weight excluding hydrogens is 325 g/mol. The largest absolute Gasteiger partial charge is 0.337 e. The molecule has 0 spiro atoms. The lowest BCUT2D eigenvalue weighted by Crippen LogP contribution is -2.02. The Morgan fingerprint density at radius 3 is 2.46 bits per heavy atom. The molecule has 0 aliphatic rings. The molecular formula is C14H5F3N6O. The van der Waals surface area contributed by atoms with E-state index in [1.807, 2.05) is 6.07 Å². The summed E-state index contributed by atoms with van der Waals surface area (Å²) in [6.45, 7) is -0.0727. The number of nitriles is 2. The molecule has 0 fully saturated rings. The minimum absolute atomic E-state index is 0.00790. The van der Waals surface area contributed by atoms with E-state index in [2.05, 4.69) is 15.1 Å². The second-order valence-corrected chi connectivity index (χ2v) is 4.56. The Morgan fingerprint density at radius 1 is 1.12 bits per heavy atom. The van der Waals surface area contributed by atoms with Crippen LogP contribution in [0.3, 0.4) is 0 Å². The van der Waals surface area contributed by atoms with Gasteiger partial charge >= 0.3 is 0 Å². The molecule has 0 N–H and O–H groups in total. The van der Waals surface area contributed by atoms with Crippen LogP contribution in [0.5, 0.6) is 0 Å². The molecule has 1 aromatic carbocycles. The van der Waals surface area contributed by atoms with E-state index in [4.69, 9.17) is 15.0 Å². The van der Waals surface area contributed by atoms with Gasteiger partial charge in [-0.15, -0.1) is 0 Å². The van der Waals surface area contributed by atoms with Gasteiger partial charge in [0, 0.05) is 5.56 Å². The molecule has 3 aromatic rings. The summed E-state index contributed by atoms with van der Waals surface area (Å²) in [5.74, 6) is -4.49. The molecule has 0 bridgehead atoms. The summed E-state index contributed by atoms with van der Waals surface area (Å²) < 4.78 is 45.7. The molecule has 10 heteroatoms. The van der Waals surface area contributed by atoms with Crippen molar-refractivity contribution in [1.29, 1.82) is 10.5 Å². The number of benzene rings is 1. The highest BCUT2D eigenvalue weighted by Crippen LogP contribution is 2.21. The van der Waals surface area contributed by atoms with Crippen molar-refractivity contribution >= 4 is 0 Å². The zero-order valence-electron chi connectivity index (χ0n) is 11.7. The molecule has 0 saturated heterocycles. The van der Waals surface area contributed by atoms with Gasteiger partial charge in [0.15, 0.2) is 28.8 Å². The Bertz CT molecular complexity index is 987. The molecule has 118 valence electrons. The molecule has 7 nitrogen and oxygen atoms in total. The smallest absolute Gasteiger partial charge is 0.246 e. The van der Waals surface area contributed by atoms with Crippen LogP contribution in [0.25, 0.3) is 11.4 Å². The van der Waals surface area contributed by atoms with Gasteiger partial charge in [0.2, 0.25) is 11.7 Å². The van der Waals surface area contributed by atoms with Crippen LogP contribution in [0, 0.1) is 40.1 Å². The lowest BCUT2D eigenvalue weighted by Gasteiger charge is -1.99. The normalized spacial score (nSPS) is 10.4. The Balaban J connectivity index is 1.91. The number of imidazole rings is 1. The number of nitrogens with zero attached hydrogens (tertiary/aromatic N) is 6. The van der Waals surface area contributed by atoms with Gasteiger partial charge in [0.25, 0.3) is 0 Å². The molecule has 0 aliphatic carbocycles. The van der Waals surface area contributed by atoms with E-state index >= 15 is 0 Å². The summed E-state index contributed by atoms with van der Waals surface area (Å²) in [6, 6.07) is 5.05. The first-order valence-corrected chi connectivity index (χ1v) is 6.36. The average molecular weight is 330 g/mol. The van der Waals surface area contributed by atoms with Crippen LogP contribution in [0.2, 0.25) is 0 Å². The van der Waals surface area contributed by atoms with Gasteiger partial charge in [-0.1, -0.05) is 5.16 Å². The summed E-state index contributed by atoms with van der Waals surface area (Å²) in [6.07, 6.45) is 1.25. The molecule has 0 aliphatic heterocycles. The SMILES string of the molecule is N#Cc1ncn(Cc2nc(-c3cc(F)c(F)c(F)c3)no2)c1C#N. The van der Waals surface area contributed by atoms with E-state index < -0.39 is 17.5 Å². The zero-order valence-corrected chi connectivity index (χ0v) is 11.7. The van der Waals surface area contributed by atoms with E-state index in [9.17, 15) is 13.2 Å². The Kier molecular flexibility index (Phi) is 3.72. The van der Waals surface area contributed by atoms with Crippen molar-refractivity contribution in [3.05, 3.63) is 53.2 Å². The van der Waals surface area contributed by atoms with Gasteiger partial charge in [0.1, 0.15) is 18.7 Å². The average Bonchev–Trinajstić information content (AvgIpc) is 3.19. The number of halogens is 3. The van der Waals surface area contributed by atoms with E-state index in [-0.39, 0.29) is 35.2 Å². The fourth-order valence-electron chi connectivity index (χ4n) is 1.97. The van der Waals surface area contributed by atoms with Gasteiger partial charge in [-0.25, -0.2) is 18.2 Å². The lowest BCUT2D eigenvalue weighted by atomic mass is 10.2. The maximum Gasteiger partial charge on any atom is 0.246 e. The summed E-state index contributed by atoms with van der Waals surface area (Å²) in [7, 11) is 0. The lowest BCUT2D eigenvalue weighted by molar-refractivity contribution is 0.371. The predicted octanol–water partition coefficient (Wildman–Crippen LogP) is 2.14.